The van der Waals surface area contributed by atoms with Crippen molar-refractivity contribution < 1.29 is 9.21 Å². The first-order valence-corrected chi connectivity index (χ1v) is 7.58. The van der Waals surface area contributed by atoms with Gasteiger partial charge in [0.1, 0.15) is 5.03 Å². The van der Waals surface area contributed by atoms with E-state index >= 15 is 0 Å². The number of pyridine rings is 1. The number of hydrogen-bond acceptors (Lipinski definition) is 4. The van der Waals surface area contributed by atoms with Crippen LogP contribution in [0.4, 0.5) is 5.69 Å². The smallest absolute Gasteiger partial charge is 0.291 e. The lowest BCUT2D eigenvalue weighted by molar-refractivity contribution is 0.0996. The standard InChI is InChI=1S/C17H14N2O2S/c1-12-6-8-13(9-7-12)22-17-14(4-2-10-18-17)19-16(20)15-5-3-11-21-15/h2-11H,1H3,(H,19,20). The molecule has 1 amide bonds. The number of nitrogens with one attached hydrogen (secondary N) is 1. The van der Waals surface area contributed by atoms with Gasteiger partial charge in [-0.25, -0.2) is 4.98 Å². The molecule has 1 aromatic carbocycles. The van der Waals surface area contributed by atoms with Crippen LogP contribution in [-0.2, 0) is 0 Å². The quantitative estimate of drug-likeness (QED) is 0.776. The molecule has 2 aromatic heterocycles. The van der Waals surface area contributed by atoms with Crippen LogP contribution < -0.4 is 5.32 Å². The maximum absolute atomic E-state index is 12.1. The molecule has 0 saturated heterocycles. The van der Waals surface area contributed by atoms with Gasteiger partial charge in [0.2, 0.25) is 0 Å². The van der Waals surface area contributed by atoms with Gasteiger partial charge in [-0.2, -0.15) is 0 Å². The lowest BCUT2D eigenvalue weighted by Crippen LogP contribution is -2.11. The fraction of sp³-hybridized carbons (Fsp3) is 0.0588. The van der Waals surface area contributed by atoms with E-state index in [0.29, 0.717) is 5.69 Å². The van der Waals surface area contributed by atoms with Gasteiger partial charge in [0.15, 0.2) is 5.76 Å². The molecule has 0 saturated carbocycles. The molecule has 0 aliphatic rings. The number of carbonyl (C=O) groups excluding carboxylic acids is 1. The molecule has 0 atom stereocenters. The average Bonchev–Trinajstić information content (AvgIpc) is 3.06. The predicted molar refractivity (Wildman–Crippen MR) is 86.2 cm³/mol. The molecule has 2 heterocycles. The Kier molecular flexibility index (Phi) is 4.25. The van der Waals surface area contributed by atoms with E-state index in [1.807, 2.05) is 37.3 Å². The number of hydrogen-bond donors (Lipinski definition) is 1. The fourth-order valence-electron chi connectivity index (χ4n) is 1.88. The Bertz CT molecular complexity index is 768. The van der Waals surface area contributed by atoms with Crippen LogP contribution in [-0.4, -0.2) is 10.9 Å². The highest BCUT2D eigenvalue weighted by Gasteiger charge is 2.12. The zero-order valence-corrected chi connectivity index (χ0v) is 12.8. The van der Waals surface area contributed by atoms with Crippen LogP contribution in [0.15, 0.2) is 75.3 Å². The summed E-state index contributed by atoms with van der Waals surface area (Å²) in [6.45, 7) is 2.05. The van der Waals surface area contributed by atoms with Crippen molar-refractivity contribution in [1.29, 1.82) is 0 Å². The number of nitrogens with zero attached hydrogens (tertiary/aromatic N) is 1. The molecule has 110 valence electrons. The molecule has 0 bridgehead atoms. The molecule has 22 heavy (non-hydrogen) atoms. The highest BCUT2D eigenvalue weighted by atomic mass is 32.2. The van der Waals surface area contributed by atoms with E-state index in [-0.39, 0.29) is 11.7 Å². The number of furan rings is 1. The van der Waals surface area contributed by atoms with Crippen molar-refractivity contribution in [3.63, 3.8) is 0 Å². The second kappa shape index (κ2) is 6.49. The van der Waals surface area contributed by atoms with Gasteiger partial charge in [-0.3, -0.25) is 4.79 Å². The minimum Gasteiger partial charge on any atom is -0.459 e. The number of amides is 1. The van der Waals surface area contributed by atoms with Gasteiger partial charge >= 0.3 is 0 Å². The summed E-state index contributed by atoms with van der Waals surface area (Å²) >= 11 is 1.51. The van der Waals surface area contributed by atoms with E-state index in [0.717, 1.165) is 9.92 Å². The Morgan fingerprint density at radius 3 is 2.68 bits per heavy atom. The van der Waals surface area contributed by atoms with Gasteiger partial charge in [0, 0.05) is 11.1 Å². The number of rotatable bonds is 4. The van der Waals surface area contributed by atoms with Gasteiger partial charge in [-0.1, -0.05) is 29.5 Å². The number of carbonyl (C=O) groups is 1. The highest BCUT2D eigenvalue weighted by molar-refractivity contribution is 7.99. The van der Waals surface area contributed by atoms with Crippen molar-refractivity contribution in [2.24, 2.45) is 0 Å². The second-order valence-electron chi connectivity index (χ2n) is 4.70. The lowest BCUT2D eigenvalue weighted by atomic mass is 10.2. The minimum atomic E-state index is -0.288. The van der Waals surface area contributed by atoms with Crippen molar-refractivity contribution in [2.45, 2.75) is 16.8 Å². The lowest BCUT2D eigenvalue weighted by Gasteiger charge is -2.09. The molecular weight excluding hydrogens is 296 g/mol. The molecule has 5 heteroatoms. The first kappa shape index (κ1) is 14.4. The Morgan fingerprint density at radius 2 is 1.95 bits per heavy atom. The highest BCUT2D eigenvalue weighted by Crippen LogP contribution is 2.31. The third-order valence-corrected chi connectivity index (χ3v) is 4.03. The van der Waals surface area contributed by atoms with Crippen LogP contribution in [0, 0.1) is 6.92 Å². The van der Waals surface area contributed by atoms with Crippen LogP contribution in [0.3, 0.4) is 0 Å². The summed E-state index contributed by atoms with van der Waals surface area (Å²) in [5.41, 5.74) is 1.87. The number of aromatic nitrogens is 1. The van der Waals surface area contributed by atoms with Gasteiger partial charge < -0.3 is 9.73 Å². The van der Waals surface area contributed by atoms with Crippen molar-refractivity contribution in [2.75, 3.05) is 5.32 Å². The topological polar surface area (TPSA) is 55.1 Å². The molecule has 3 rings (SSSR count). The number of aryl methyl sites for hydroxylation is 1. The average molecular weight is 310 g/mol. The van der Waals surface area contributed by atoms with E-state index < -0.39 is 0 Å². The molecule has 0 unspecified atom stereocenters. The molecule has 0 radical (unpaired) electrons. The molecule has 0 aliphatic carbocycles. The summed E-state index contributed by atoms with van der Waals surface area (Å²) in [6.07, 6.45) is 3.18. The second-order valence-corrected chi connectivity index (χ2v) is 5.76. The third kappa shape index (κ3) is 3.38. The van der Waals surface area contributed by atoms with Crippen LogP contribution in [0.25, 0.3) is 0 Å². The van der Waals surface area contributed by atoms with Crippen molar-refractivity contribution >= 4 is 23.4 Å². The summed E-state index contributed by atoms with van der Waals surface area (Å²) in [6, 6.07) is 15.1. The van der Waals surface area contributed by atoms with Crippen LogP contribution in [0.1, 0.15) is 16.1 Å². The van der Waals surface area contributed by atoms with Crippen molar-refractivity contribution in [3.05, 3.63) is 72.3 Å². The van der Waals surface area contributed by atoms with E-state index in [1.54, 1.807) is 24.4 Å². The molecule has 4 nitrogen and oxygen atoms in total. The van der Waals surface area contributed by atoms with E-state index in [2.05, 4.69) is 10.3 Å². The largest absolute Gasteiger partial charge is 0.459 e. The molecule has 3 aromatic rings. The van der Waals surface area contributed by atoms with Gasteiger partial charge in [-0.15, -0.1) is 0 Å². The van der Waals surface area contributed by atoms with Crippen LogP contribution in [0.5, 0.6) is 0 Å². The summed E-state index contributed by atoms with van der Waals surface area (Å²) in [7, 11) is 0. The Balaban J connectivity index is 1.80. The van der Waals surface area contributed by atoms with E-state index in [1.165, 1.54) is 23.6 Å². The third-order valence-electron chi connectivity index (χ3n) is 3.00. The maximum Gasteiger partial charge on any atom is 0.291 e. The summed E-state index contributed by atoms with van der Waals surface area (Å²) in [4.78, 5) is 17.5. The van der Waals surface area contributed by atoms with Crippen LogP contribution in [0.2, 0.25) is 0 Å². The SMILES string of the molecule is Cc1ccc(Sc2ncccc2NC(=O)c2ccco2)cc1. The monoisotopic (exact) mass is 310 g/mol. The van der Waals surface area contributed by atoms with Gasteiger partial charge in [0.25, 0.3) is 5.91 Å². The summed E-state index contributed by atoms with van der Waals surface area (Å²) < 4.78 is 5.10. The Labute approximate surface area is 132 Å². The molecule has 0 fully saturated rings. The van der Waals surface area contributed by atoms with Gasteiger partial charge in [-0.05, 0) is 43.3 Å². The predicted octanol–water partition coefficient (Wildman–Crippen LogP) is 4.39. The normalized spacial score (nSPS) is 10.4. The maximum atomic E-state index is 12.1. The summed E-state index contributed by atoms with van der Waals surface area (Å²) in [5.74, 6) is -0.0149. The first-order valence-electron chi connectivity index (χ1n) is 6.77. The zero-order valence-electron chi connectivity index (χ0n) is 11.9. The zero-order chi connectivity index (χ0) is 15.4. The van der Waals surface area contributed by atoms with Crippen molar-refractivity contribution in [3.8, 4) is 0 Å². The molecule has 1 N–H and O–H groups in total. The Hall–Kier alpha value is -2.53. The van der Waals surface area contributed by atoms with Crippen LogP contribution >= 0.6 is 11.8 Å². The van der Waals surface area contributed by atoms with Gasteiger partial charge in [0.05, 0.1) is 12.0 Å². The van der Waals surface area contributed by atoms with E-state index in [4.69, 9.17) is 4.42 Å². The fourth-order valence-corrected chi connectivity index (χ4v) is 2.71. The summed E-state index contributed by atoms with van der Waals surface area (Å²) in [5, 5.41) is 3.57. The Morgan fingerprint density at radius 1 is 1.14 bits per heavy atom. The van der Waals surface area contributed by atoms with Crippen molar-refractivity contribution in [1.82, 2.24) is 4.98 Å². The molecule has 0 spiro atoms. The first-order chi connectivity index (χ1) is 10.7. The molecule has 0 aliphatic heterocycles. The molecular formula is C17H14N2O2S. The number of benzene rings is 1. The van der Waals surface area contributed by atoms with E-state index in [9.17, 15) is 4.79 Å². The minimum absolute atomic E-state index is 0.273. The number of anilines is 1.